The number of aryl methyl sites for hydroxylation is 2. The van der Waals surface area contributed by atoms with Crippen LogP contribution in [-0.4, -0.2) is 25.7 Å². The van der Waals surface area contributed by atoms with Crippen molar-refractivity contribution in [1.29, 1.82) is 0 Å². The van der Waals surface area contributed by atoms with E-state index in [1.165, 1.54) is 17.5 Å². The number of fused-ring (bicyclic) bond motifs is 2. The van der Waals surface area contributed by atoms with Crippen LogP contribution in [0.2, 0.25) is 0 Å². The molecule has 0 bridgehead atoms. The lowest BCUT2D eigenvalue weighted by Gasteiger charge is -2.08. The second kappa shape index (κ2) is 7.31. The molecule has 3 aromatic rings. The highest BCUT2D eigenvalue weighted by Crippen LogP contribution is 2.22. The van der Waals surface area contributed by atoms with Gasteiger partial charge in [0.1, 0.15) is 5.82 Å². The van der Waals surface area contributed by atoms with Crippen molar-refractivity contribution in [2.45, 2.75) is 51.6 Å². The van der Waals surface area contributed by atoms with Gasteiger partial charge in [0.15, 0.2) is 5.82 Å². The van der Waals surface area contributed by atoms with Gasteiger partial charge in [-0.3, -0.25) is 4.79 Å². The van der Waals surface area contributed by atoms with E-state index in [4.69, 9.17) is 0 Å². The van der Waals surface area contributed by atoms with E-state index in [0.717, 1.165) is 41.6 Å². The second-order valence-electron chi connectivity index (χ2n) is 6.35. The van der Waals surface area contributed by atoms with Gasteiger partial charge < -0.3 is 9.88 Å². The molecule has 0 atom stereocenters. The molecule has 2 aromatic heterocycles. The van der Waals surface area contributed by atoms with Gasteiger partial charge in [0.25, 0.3) is 0 Å². The molecule has 0 fully saturated rings. The van der Waals surface area contributed by atoms with E-state index in [1.807, 2.05) is 18.2 Å². The van der Waals surface area contributed by atoms with Gasteiger partial charge in [-0.2, -0.15) is 0 Å². The third-order valence-corrected chi connectivity index (χ3v) is 5.63. The molecule has 1 aliphatic heterocycles. The van der Waals surface area contributed by atoms with Gasteiger partial charge >= 0.3 is 0 Å². The zero-order valence-corrected chi connectivity index (χ0v) is 14.9. The molecule has 0 unspecified atom stereocenters. The molecule has 1 N–H and O–H groups in total. The van der Waals surface area contributed by atoms with E-state index in [0.29, 0.717) is 19.4 Å². The fourth-order valence-electron chi connectivity index (χ4n) is 3.19. The number of amides is 1. The van der Waals surface area contributed by atoms with Gasteiger partial charge in [-0.1, -0.05) is 18.6 Å². The first-order valence-electron chi connectivity index (χ1n) is 8.82. The van der Waals surface area contributed by atoms with E-state index in [-0.39, 0.29) is 5.91 Å². The molecule has 25 heavy (non-hydrogen) atoms. The summed E-state index contributed by atoms with van der Waals surface area (Å²) in [6.45, 7) is 1.41. The molecule has 0 saturated carbocycles. The third-order valence-electron chi connectivity index (χ3n) is 4.53. The number of carbonyl (C=O) groups is 1. The molecule has 0 saturated heterocycles. The van der Waals surface area contributed by atoms with Crippen LogP contribution in [0.15, 0.2) is 24.3 Å². The Bertz CT molecular complexity index is 852. The number of para-hydroxylation sites is 1. The Morgan fingerprint density at radius 1 is 1.20 bits per heavy atom. The Hall–Kier alpha value is -2.28. The monoisotopic (exact) mass is 355 g/mol. The lowest BCUT2D eigenvalue weighted by molar-refractivity contribution is -0.121. The summed E-state index contributed by atoms with van der Waals surface area (Å²) < 4.78 is 3.34. The summed E-state index contributed by atoms with van der Waals surface area (Å²) in [6, 6.07) is 8.07. The summed E-state index contributed by atoms with van der Waals surface area (Å²) in [5.41, 5.74) is 1.01. The van der Waals surface area contributed by atoms with Crippen molar-refractivity contribution in [3.8, 4) is 0 Å². The minimum absolute atomic E-state index is 0.0326. The summed E-state index contributed by atoms with van der Waals surface area (Å²) in [4.78, 5) is 16.7. The molecule has 130 valence electrons. The zero-order chi connectivity index (χ0) is 17.1. The molecule has 0 aliphatic carbocycles. The van der Waals surface area contributed by atoms with Crippen molar-refractivity contribution in [2.75, 3.05) is 0 Å². The molecule has 0 spiro atoms. The van der Waals surface area contributed by atoms with Crippen LogP contribution < -0.4 is 5.32 Å². The highest BCUT2D eigenvalue weighted by Gasteiger charge is 2.15. The van der Waals surface area contributed by atoms with Crippen LogP contribution in [0.1, 0.15) is 42.3 Å². The van der Waals surface area contributed by atoms with Crippen LogP contribution in [0.3, 0.4) is 0 Å². The molecule has 0 radical (unpaired) electrons. The summed E-state index contributed by atoms with van der Waals surface area (Å²) in [5.74, 6) is 1.95. The second-order valence-corrected chi connectivity index (χ2v) is 7.46. The minimum Gasteiger partial charge on any atom is -0.349 e. The number of hydrogen-bond donors (Lipinski definition) is 1. The maximum atomic E-state index is 12.2. The SMILES string of the molecule is O=C(CCc1nc2ccccc2s1)NCc1nnc2n1CCCCC2. The molecular formula is C18H21N5OS. The number of hydrogen-bond acceptors (Lipinski definition) is 5. The third kappa shape index (κ3) is 3.71. The maximum Gasteiger partial charge on any atom is 0.220 e. The fraction of sp³-hybridized carbons (Fsp3) is 0.444. The Morgan fingerprint density at radius 2 is 2.12 bits per heavy atom. The smallest absolute Gasteiger partial charge is 0.220 e. The van der Waals surface area contributed by atoms with Gasteiger partial charge in [0.05, 0.1) is 21.8 Å². The Kier molecular flexibility index (Phi) is 4.74. The molecule has 4 rings (SSSR count). The first-order chi connectivity index (χ1) is 12.3. The van der Waals surface area contributed by atoms with Crippen LogP contribution >= 0.6 is 11.3 Å². The van der Waals surface area contributed by atoms with E-state index in [9.17, 15) is 4.79 Å². The van der Waals surface area contributed by atoms with E-state index in [1.54, 1.807) is 11.3 Å². The van der Waals surface area contributed by atoms with Crippen molar-refractivity contribution in [1.82, 2.24) is 25.1 Å². The van der Waals surface area contributed by atoms with Gasteiger partial charge in [0.2, 0.25) is 5.91 Å². The largest absolute Gasteiger partial charge is 0.349 e. The van der Waals surface area contributed by atoms with Crippen LogP contribution in [0.4, 0.5) is 0 Å². The summed E-state index contributed by atoms with van der Waals surface area (Å²) in [7, 11) is 0. The van der Waals surface area contributed by atoms with Crippen molar-refractivity contribution >= 4 is 27.5 Å². The van der Waals surface area contributed by atoms with Crippen molar-refractivity contribution in [3.63, 3.8) is 0 Å². The quantitative estimate of drug-likeness (QED) is 0.764. The zero-order valence-electron chi connectivity index (χ0n) is 14.1. The lowest BCUT2D eigenvalue weighted by Crippen LogP contribution is -2.25. The predicted molar refractivity (Wildman–Crippen MR) is 97.4 cm³/mol. The fourth-order valence-corrected chi connectivity index (χ4v) is 4.16. The van der Waals surface area contributed by atoms with Crippen molar-refractivity contribution in [3.05, 3.63) is 40.9 Å². The predicted octanol–water partition coefficient (Wildman–Crippen LogP) is 2.86. The number of carbonyl (C=O) groups excluding carboxylic acids is 1. The average molecular weight is 355 g/mol. The highest BCUT2D eigenvalue weighted by molar-refractivity contribution is 7.18. The van der Waals surface area contributed by atoms with Gasteiger partial charge in [-0.15, -0.1) is 21.5 Å². The number of nitrogens with zero attached hydrogens (tertiary/aromatic N) is 4. The van der Waals surface area contributed by atoms with E-state index >= 15 is 0 Å². The number of aromatic nitrogens is 4. The first kappa shape index (κ1) is 16.2. The topological polar surface area (TPSA) is 72.7 Å². The first-order valence-corrected chi connectivity index (χ1v) is 9.63. The van der Waals surface area contributed by atoms with Crippen LogP contribution in [-0.2, 0) is 30.7 Å². The van der Waals surface area contributed by atoms with Gasteiger partial charge in [-0.25, -0.2) is 4.98 Å². The summed E-state index contributed by atoms with van der Waals surface area (Å²) >= 11 is 1.66. The number of rotatable bonds is 5. The average Bonchev–Trinajstić information content (AvgIpc) is 3.14. The Labute approximate surface area is 150 Å². The number of nitrogens with one attached hydrogen (secondary N) is 1. The number of thiazole rings is 1. The van der Waals surface area contributed by atoms with Crippen LogP contribution in [0, 0.1) is 0 Å². The molecule has 7 heteroatoms. The van der Waals surface area contributed by atoms with E-state index < -0.39 is 0 Å². The lowest BCUT2D eigenvalue weighted by atomic mass is 10.2. The minimum atomic E-state index is 0.0326. The molecule has 1 amide bonds. The molecule has 1 aliphatic rings. The highest BCUT2D eigenvalue weighted by atomic mass is 32.1. The molecule has 3 heterocycles. The van der Waals surface area contributed by atoms with E-state index in [2.05, 4.69) is 31.1 Å². The standard InChI is InChI=1S/C18H21N5OS/c24-17(9-10-18-20-13-6-3-4-7-14(13)25-18)19-12-16-22-21-15-8-2-1-5-11-23(15)16/h3-4,6-7H,1-2,5,8-12H2,(H,19,24). The van der Waals surface area contributed by atoms with Crippen molar-refractivity contribution < 1.29 is 4.79 Å². The normalized spacial score (nSPS) is 14.2. The Balaban J connectivity index is 1.31. The van der Waals surface area contributed by atoms with Crippen molar-refractivity contribution in [2.24, 2.45) is 0 Å². The summed E-state index contributed by atoms with van der Waals surface area (Å²) in [6.07, 6.45) is 5.66. The van der Waals surface area contributed by atoms with Gasteiger partial charge in [-0.05, 0) is 25.0 Å². The maximum absolute atomic E-state index is 12.2. The summed E-state index contributed by atoms with van der Waals surface area (Å²) in [5, 5.41) is 12.5. The number of benzene rings is 1. The van der Waals surface area contributed by atoms with Crippen LogP contribution in [0.25, 0.3) is 10.2 Å². The van der Waals surface area contributed by atoms with Gasteiger partial charge in [0, 0.05) is 25.8 Å². The molecule has 6 nitrogen and oxygen atoms in total. The Morgan fingerprint density at radius 3 is 3.04 bits per heavy atom. The molecular weight excluding hydrogens is 334 g/mol. The van der Waals surface area contributed by atoms with Crippen LogP contribution in [0.5, 0.6) is 0 Å². The molecule has 1 aromatic carbocycles.